The fraction of sp³-hybridized carbons (Fsp3) is 0.176. The Labute approximate surface area is 237 Å². The monoisotopic (exact) mass is 546 g/mol. The predicted molar refractivity (Wildman–Crippen MR) is 162 cm³/mol. The van der Waals surface area contributed by atoms with Crippen LogP contribution < -0.4 is 24.4 Å². The Morgan fingerprint density at radius 1 is 0.875 bits per heavy atom. The van der Waals surface area contributed by atoms with Crippen molar-refractivity contribution in [2.75, 3.05) is 14.2 Å². The molecular weight excluding hydrogens is 516 g/mol. The van der Waals surface area contributed by atoms with Crippen LogP contribution in [0, 0.1) is 0 Å². The summed E-state index contributed by atoms with van der Waals surface area (Å²) in [4.78, 5) is 19.7. The van der Waals surface area contributed by atoms with Gasteiger partial charge in [0.2, 0.25) is 0 Å². The Kier molecular flexibility index (Phi) is 7.34. The van der Waals surface area contributed by atoms with Crippen LogP contribution in [0.15, 0.2) is 112 Å². The maximum Gasteiger partial charge on any atom is 0.271 e. The van der Waals surface area contributed by atoms with E-state index in [-0.39, 0.29) is 11.6 Å². The van der Waals surface area contributed by atoms with Gasteiger partial charge < -0.3 is 9.47 Å². The summed E-state index contributed by atoms with van der Waals surface area (Å²) in [5, 5.41) is 0. The molecular formula is C34H30N2O3S. The summed E-state index contributed by atoms with van der Waals surface area (Å²) in [6.07, 6.45) is 10.9. The number of allylic oxidation sites excluding steroid dienone is 3. The lowest BCUT2D eigenvalue weighted by atomic mass is 9.84. The second-order valence-corrected chi connectivity index (χ2v) is 10.8. The molecule has 2 heterocycles. The molecule has 4 aromatic rings. The van der Waals surface area contributed by atoms with Gasteiger partial charge >= 0.3 is 0 Å². The van der Waals surface area contributed by atoms with E-state index in [0.717, 1.165) is 58.0 Å². The average molecular weight is 547 g/mol. The van der Waals surface area contributed by atoms with Crippen LogP contribution in [0.3, 0.4) is 0 Å². The summed E-state index contributed by atoms with van der Waals surface area (Å²) >= 11 is 1.45. The van der Waals surface area contributed by atoms with Crippen LogP contribution in [0.2, 0.25) is 0 Å². The van der Waals surface area contributed by atoms with E-state index in [4.69, 9.17) is 14.5 Å². The minimum Gasteiger partial charge on any atom is -0.497 e. The first-order valence-corrected chi connectivity index (χ1v) is 14.2. The first-order chi connectivity index (χ1) is 19.6. The molecule has 5 nitrogen and oxygen atoms in total. The van der Waals surface area contributed by atoms with Crippen molar-refractivity contribution in [3.8, 4) is 11.5 Å². The van der Waals surface area contributed by atoms with Crippen molar-refractivity contribution < 1.29 is 9.47 Å². The Balaban J connectivity index is 1.49. The zero-order chi connectivity index (χ0) is 27.5. The molecule has 1 atom stereocenters. The highest BCUT2D eigenvalue weighted by Gasteiger charge is 2.32. The third kappa shape index (κ3) is 5.10. The standard InChI is InChI=1S/C34H30N2O3S/c1-38-27-18-14-24(15-19-27)22-26-11-7-12-29-31(26)35-34-36(32(29)25-16-20-28(39-2)21-17-25)33(37)30(40-34)13-6-10-23-8-4-3-5-9-23/h3-6,8-10,13-22,32H,7,11-12H2,1-2H3/b10-6+,26-22+,30-13-/t32-/m0/s1. The number of benzene rings is 3. The van der Waals surface area contributed by atoms with Gasteiger partial charge in [-0.05, 0) is 83.5 Å². The lowest BCUT2D eigenvalue weighted by molar-refractivity contribution is 0.414. The van der Waals surface area contributed by atoms with E-state index in [1.165, 1.54) is 22.5 Å². The van der Waals surface area contributed by atoms with Crippen molar-refractivity contribution in [3.05, 3.63) is 138 Å². The Morgan fingerprint density at radius 2 is 1.57 bits per heavy atom. The molecule has 0 spiro atoms. The van der Waals surface area contributed by atoms with Crippen LogP contribution in [0.1, 0.15) is 42.0 Å². The minimum atomic E-state index is -0.211. The second-order valence-electron chi connectivity index (χ2n) is 9.82. The maximum atomic E-state index is 13.8. The van der Waals surface area contributed by atoms with E-state index in [9.17, 15) is 4.79 Å². The van der Waals surface area contributed by atoms with Crippen molar-refractivity contribution in [3.63, 3.8) is 0 Å². The molecule has 6 rings (SSSR count). The highest BCUT2D eigenvalue weighted by molar-refractivity contribution is 7.07. The van der Waals surface area contributed by atoms with Crippen molar-refractivity contribution in [2.24, 2.45) is 4.99 Å². The summed E-state index contributed by atoms with van der Waals surface area (Å²) < 4.78 is 13.3. The molecule has 0 unspecified atom stereocenters. The molecule has 1 aliphatic carbocycles. The van der Waals surface area contributed by atoms with E-state index < -0.39 is 0 Å². The molecule has 0 N–H and O–H groups in total. The maximum absolute atomic E-state index is 13.8. The number of hydrogen-bond donors (Lipinski definition) is 0. The number of nitrogens with zero attached hydrogens (tertiary/aromatic N) is 2. The zero-order valence-corrected chi connectivity index (χ0v) is 23.4. The van der Waals surface area contributed by atoms with E-state index in [1.807, 2.05) is 77.4 Å². The fourth-order valence-corrected chi connectivity index (χ4v) is 6.32. The number of aromatic nitrogens is 1. The van der Waals surface area contributed by atoms with Crippen molar-refractivity contribution in [1.29, 1.82) is 0 Å². The topological polar surface area (TPSA) is 52.8 Å². The lowest BCUT2D eigenvalue weighted by Crippen LogP contribution is -2.38. The Hall–Kier alpha value is -4.42. The number of methoxy groups -OCH3 is 2. The van der Waals surface area contributed by atoms with E-state index in [0.29, 0.717) is 4.53 Å². The molecule has 0 saturated carbocycles. The normalized spacial score (nSPS) is 18.0. The van der Waals surface area contributed by atoms with Gasteiger partial charge in [0.25, 0.3) is 5.56 Å². The average Bonchev–Trinajstić information content (AvgIpc) is 3.32. The first kappa shape index (κ1) is 25.8. The summed E-state index contributed by atoms with van der Waals surface area (Å²) in [7, 11) is 3.34. The van der Waals surface area contributed by atoms with Gasteiger partial charge in [0.15, 0.2) is 4.80 Å². The van der Waals surface area contributed by atoms with Crippen LogP contribution in [-0.4, -0.2) is 18.8 Å². The quantitative estimate of drug-likeness (QED) is 0.291. The molecule has 40 heavy (non-hydrogen) atoms. The highest BCUT2D eigenvalue weighted by Crippen LogP contribution is 2.41. The SMILES string of the molecule is COc1ccc(/C=C2\CCCC3=C2N=c2s/c(=C\C=C\c4ccccc4)c(=O)n2[C@H]3c2ccc(OC)cc2)cc1. The minimum absolute atomic E-state index is 0.0138. The zero-order valence-electron chi connectivity index (χ0n) is 22.5. The van der Waals surface area contributed by atoms with Gasteiger partial charge in [-0.2, -0.15) is 0 Å². The van der Waals surface area contributed by atoms with Gasteiger partial charge in [0, 0.05) is 0 Å². The number of rotatable bonds is 6. The molecule has 1 aromatic heterocycles. The largest absolute Gasteiger partial charge is 0.497 e. The van der Waals surface area contributed by atoms with Crippen molar-refractivity contribution in [1.82, 2.24) is 4.57 Å². The van der Waals surface area contributed by atoms with Gasteiger partial charge in [-0.3, -0.25) is 9.36 Å². The van der Waals surface area contributed by atoms with Gasteiger partial charge in [0.05, 0.1) is 30.5 Å². The van der Waals surface area contributed by atoms with Crippen LogP contribution >= 0.6 is 11.3 Å². The molecule has 2 aliphatic rings. The molecule has 0 fully saturated rings. The summed E-state index contributed by atoms with van der Waals surface area (Å²) in [5.74, 6) is 1.63. The third-order valence-electron chi connectivity index (χ3n) is 7.36. The molecule has 0 amide bonds. The molecule has 0 saturated heterocycles. The molecule has 200 valence electrons. The first-order valence-electron chi connectivity index (χ1n) is 13.4. The number of thiazole rings is 1. The summed E-state index contributed by atoms with van der Waals surface area (Å²) in [6, 6.07) is 26.0. The number of hydrogen-bond acceptors (Lipinski definition) is 5. The lowest BCUT2D eigenvalue weighted by Gasteiger charge is -2.31. The number of fused-ring (bicyclic) bond motifs is 1. The Morgan fingerprint density at radius 3 is 2.27 bits per heavy atom. The summed E-state index contributed by atoms with van der Waals surface area (Å²) in [6.45, 7) is 0. The third-order valence-corrected chi connectivity index (χ3v) is 8.36. The van der Waals surface area contributed by atoms with Crippen LogP contribution in [0.5, 0.6) is 11.5 Å². The van der Waals surface area contributed by atoms with E-state index in [2.05, 4.69) is 30.3 Å². The van der Waals surface area contributed by atoms with Crippen molar-refractivity contribution in [2.45, 2.75) is 25.3 Å². The molecule has 6 heteroatoms. The van der Waals surface area contributed by atoms with Gasteiger partial charge in [-0.15, -0.1) is 0 Å². The van der Waals surface area contributed by atoms with E-state index >= 15 is 0 Å². The van der Waals surface area contributed by atoms with Crippen molar-refractivity contribution >= 4 is 29.6 Å². The van der Waals surface area contributed by atoms with Gasteiger partial charge in [-0.1, -0.05) is 78.1 Å². The van der Waals surface area contributed by atoms with Gasteiger partial charge in [0.1, 0.15) is 11.5 Å². The molecule has 3 aromatic carbocycles. The predicted octanol–water partition coefficient (Wildman–Crippen LogP) is 6.17. The summed E-state index contributed by atoms with van der Waals surface area (Å²) in [5.41, 5.74) is 6.64. The van der Waals surface area contributed by atoms with Crippen LogP contribution in [0.25, 0.3) is 18.2 Å². The number of ether oxygens (including phenoxy) is 2. The second kappa shape index (κ2) is 11.4. The molecule has 1 aliphatic heterocycles. The molecule has 0 radical (unpaired) electrons. The van der Waals surface area contributed by atoms with Gasteiger partial charge in [-0.25, -0.2) is 4.99 Å². The fourth-order valence-electron chi connectivity index (χ4n) is 5.37. The van der Waals surface area contributed by atoms with E-state index in [1.54, 1.807) is 14.2 Å². The smallest absolute Gasteiger partial charge is 0.271 e. The highest BCUT2D eigenvalue weighted by atomic mass is 32.1. The van der Waals surface area contributed by atoms with Crippen LogP contribution in [0.4, 0.5) is 0 Å². The van der Waals surface area contributed by atoms with Crippen LogP contribution in [-0.2, 0) is 0 Å². The Bertz CT molecular complexity index is 1790. The molecule has 0 bridgehead atoms.